The van der Waals surface area contributed by atoms with E-state index in [1.165, 1.54) is 4.90 Å². The van der Waals surface area contributed by atoms with Crippen molar-refractivity contribution in [1.29, 1.82) is 0 Å². The van der Waals surface area contributed by atoms with Crippen LogP contribution in [0, 0.1) is 0 Å². The fourth-order valence-electron chi connectivity index (χ4n) is 3.58. The predicted molar refractivity (Wildman–Crippen MR) is 98.6 cm³/mol. The highest BCUT2D eigenvalue weighted by Gasteiger charge is 2.43. The van der Waals surface area contributed by atoms with E-state index in [1.807, 2.05) is 12.2 Å². The molecule has 27 heavy (non-hydrogen) atoms. The van der Waals surface area contributed by atoms with Gasteiger partial charge in [-0.15, -0.1) is 0 Å². The van der Waals surface area contributed by atoms with Crippen molar-refractivity contribution in [2.45, 2.75) is 43.8 Å². The van der Waals surface area contributed by atoms with Crippen molar-refractivity contribution in [1.82, 2.24) is 10.2 Å². The first-order chi connectivity index (χ1) is 13.0. The van der Waals surface area contributed by atoms with Gasteiger partial charge in [0, 0.05) is 11.7 Å². The smallest absolute Gasteiger partial charge is 0.326 e. The number of fused-ring (bicyclic) bond motifs is 1. The van der Waals surface area contributed by atoms with Gasteiger partial charge in [0.25, 0.3) is 0 Å². The number of carbonyl (C=O) groups excluding carboxylic acids is 2. The molecule has 0 radical (unpaired) electrons. The van der Waals surface area contributed by atoms with Crippen molar-refractivity contribution in [2.24, 2.45) is 0 Å². The number of benzene rings is 1. The molecule has 0 aromatic heterocycles. The van der Waals surface area contributed by atoms with E-state index in [9.17, 15) is 19.5 Å². The van der Waals surface area contributed by atoms with Gasteiger partial charge < -0.3 is 25.4 Å². The fourth-order valence-corrected chi connectivity index (χ4v) is 3.58. The van der Waals surface area contributed by atoms with Gasteiger partial charge in [0.1, 0.15) is 17.8 Å². The molecule has 3 rings (SSSR count). The van der Waals surface area contributed by atoms with E-state index in [1.54, 1.807) is 31.4 Å². The number of carboxylic acids is 1. The van der Waals surface area contributed by atoms with Crippen LogP contribution in [0.15, 0.2) is 36.4 Å². The molecule has 2 aliphatic heterocycles. The molecule has 0 spiro atoms. The summed E-state index contributed by atoms with van der Waals surface area (Å²) in [5, 5.41) is 14.8. The Balaban J connectivity index is 1.69. The van der Waals surface area contributed by atoms with Crippen LogP contribution in [0.5, 0.6) is 5.75 Å². The lowest BCUT2D eigenvalue weighted by Gasteiger charge is -2.32. The molecule has 8 heteroatoms. The minimum Gasteiger partial charge on any atom is -0.497 e. The topological polar surface area (TPSA) is 108 Å². The number of carbonyl (C=O) groups is 3. The van der Waals surface area contributed by atoms with Gasteiger partial charge in [0.15, 0.2) is 0 Å². The van der Waals surface area contributed by atoms with Crippen molar-refractivity contribution in [3.05, 3.63) is 36.4 Å². The third kappa shape index (κ3) is 4.21. The van der Waals surface area contributed by atoms with E-state index < -0.39 is 24.1 Å². The Bertz CT molecular complexity index is 746. The molecule has 3 atom stereocenters. The molecule has 1 aromatic rings. The number of nitrogens with zero attached hydrogens (tertiary/aromatic N) is 1. The molecule has 0 saturated carbocycles. The Labute approximate surface area is 157 Å². The molecule has 1 aromatic carbocycles. The number of urea groups is 1. The summed E-state index contributed by atoms with van der Waals surface area (Å²) in [7, 11) is 1.55. The Hall–Kier alpha value is -3.03. The van der Waals surface area contributed by atoms with Crippen LogP contribution in [-0.4, -0.2) is 53.1 Å². The summed E-state index contributed by atoms with van der Waals surface area (Å²) in [5.41, 5.74) is 0.560. The van der Waals surface area contributed by atoms with E-state index in [-0.39, 0.29) is 11.9 Å². The highest BCUT2D eigenvalue weighted by molar-refractivity contribution is 5.95. The predicted octanol–water partition coefficient (Wildman–Crippen LogP) is 1.98. The summed E-state index contributed by atoms with van der Waals surface area (Å²) in [6, 6.07) is 4.52. The van der Waals surface area contributed by atoms with Gasteiger partial charge in [-0.3, -0.25) is 4.79 Å². The number of amides is 3. The molecule has 3 N–H and O–H groups in total. The minimum absolute atomic E-state index is 0.135. The van der Waals surface area contributed by atoms with Crippen LogP contribution in [0.3, 0.4) is 0 Å². The van der Waals surface area contributed by atoms with Gasteiger partial charge in [0.2, 0.25) is 5.91 Å². The van der Waals surface area contributed by atoms with Crippen LogP contribution in [-0.2, 0) is 9.59 Å². The van der Waals surface area contributed by atoms with E-state index in [4.69, 9.17) is 4.74 Å². The van der Waals surface area contributed by atoms with E-state index in [0.29, 0.717) is 37.1 Å². The number of hydrogen-bond donors (Lipinski definition) is 3. The number of rotatable bonds is 4. The van der Waals surface area contributed by atoms with Gasteiger partial charge in [-0.05, 0) is 49.9 Å². The molecule has 3 amide bonds. The molecule has 2 heterocycles. The number of nitrogens with one attached hydrogen (secondary N) is 2. The summed E-state index contributed by atoms with van der Waals surface area (Å²) in [6.45, 7) is 0. The normalized spacial score (nSPS) is 25.7. The summed E-state index contributed by atoms with van der Waals surface area (Å²) in [5.74, 6) is -0.683. The van der Waals surface area contributed by atoms with Crippen LogP contribution in [0.2, 0.25) is 0 Å². The van der Waals surface area contributed by atoms with Crippen molar-refractivity contribution in [3.63, 3.8) is 0 Å². The van der Waals surface area contributed by atoms with Crippen molar-refractivity contribution < 1.29 is 24.2 Å². The maximum absolute atomic E-state index is 12.9. The number of ether oxygens (including phenoxy) is 1. The molecular formula is C19H23N3O5. The van der Waals surface area contributed by atoms with Gasteiger partial charge >= 0.3 is 12.0 Å². The lowest BCUT2D eigenvalue weighted by molar-refractivity contribution is -0.150. The first kappa shape index (κ1) is 18.8. The molecule has 144 valence electrons. The summed E-state index contributed by atoms with van der Waals surface area (Å²) in [6.07, 6.45) is 5.86. The molecule has 1 saturated heterocycles. The highest BCUT2D eigenvalue weighted by Crippen LogP contribution is 2.29. The van der Waals surface area contributed by atoms with Crippen LogP contribution >= 0.6 is 0 Å². The zero-order valence-electron chi connectivity index (χ0n) is 15.1. The number of aliphatic carboxylic acids is 1. The number of hydrogen-bond acceptors (Lipinski definition) is 4. The van der Waals surface area contributed by atoms with Crippen LogP contribution in [0.1, 0.15) is 25.7 Å². The van der Waals surface area contributed by atoms with Crippen molar-refractivity contribution in [3.8, 4) is 5.75 Å². The molecule has 0 unspecified atom stereocenters. The maximum Gasteiger partial charge on any atom is 0.326 e. The molecule has 1 fully saturated rings. The van der Waals surface area contributed by atoms with Crippen molar-refractivity contribution in [2.75, 3.05) is 12.4 Å². The molecule has 8 nitrogen and oxygen atoms in total. The summed E-state index contributed by atoms with van der Waals surface area (Å²) < 4.78 is 5.07. The number of anilines is 1. The second-order valence-corrected chi connectivity index (χ2v) is 6.65. The monoisotopic (exact) mass is 373 g/mol. The zero-order valence-corrected chi connectivity index (χ0v) is 15.1. The summed E-state index contributed by atoms with van der Waals surface area (Å²) >= 11 is 0. The van der Waals surface area contributed by atoms with Gasteiger partial charge in [-0.1, -0.05) is 12.2 Å². The Morgan fingerprint density at radius 2 is 1.85 bits per heavy atom. The van der Waals surface area contributed by atoms with Gasteiger partial charge in [0.05, 0.1) is 7.11 Å². The zero-order chi connectivity index (χ0) is 19.4. The average molecular weight is 373 g/mol. The Kier molecular flexibility index (Phi) is 5.63. The minimum atomic E-state index is -1.00. The molecule has 0 aliphatic carbocycles. The lowest BCUT2D eigenvalue weighted by atomic mass is 10.0. The SMILES string of the molecule is COc1ccc(NC(=O)N[C@H]2C/C=C\C[C@@H]3CC[C@@H](C(=O)O)N3C2=O)cc1. The molecular weight excluding hydrogens is 350 g/mol. The molecule has 2 aliphatic rings. The van der Waals surface area contributed by atoms with E-state index in [0.717, 1.165) is 0 Å². The van der Waals surface area contributed by atoms with E-state index >= 15 is 0 Å². The van der Waals surface area contributed by atoms with Crippen LogP contribution < -0.4 is 15.4 Å². The van der Waals surface area contributed by atoms with Crippen LogP contribution in [0.4, 0.5) is 10.5 Å². The third-order valence-corrected chi connectivity index (χ3v) is 4.94. The average Bonchev–Trinajstić information content (AvgIpc) is 3.06. The van der Waals surface area contributed by atoms with Crippen molar-refractivity contribution >= 4 is 23.6 Å². The Morgan fingerprint density at radius 3 is 2.52 bits per heavy atom. The second-order valence-electron chi connectivity index (χ2n) is 6.65. The van der Waals surface area contributed by atoms with Gasteiger partial charge in [-0.25, -0.2) is 9.59 Å². The number of carboxylic acid groups (broad SMARTS) is 1. The van der Waals surface area contributed by atoms with E-state index in [2.05, 4.69) is 10.6 Å². The first-order valence-electron chi connectivity index (χ1n) is 8.91. The largest absolute Gasteiger partial charge is 0.497 e. The van der Waals surface area contributed by atoms with Crippen LogP contribution in [0.25, 0.3) is 0 Å². The number of methoxy groups -OCH3 is 1. The maximum atomic E-state index is 12.9. The first-order valence-corrected chi connectivity index (χ1v) is 8.91. The molecule has 0 bridgehead atoms. The Morgan fingerprint density at radius 1 is 1.15 bits per heavy atom. The highest BCUT2D eigenvalue weighted by atomic mass is 16.5. The third-order valence-electron chi connectivity index (χ3n) is 4.94. The quantitative estimate of drug-likeness (QED) is 0.700. The second kappa shape index (κ2) is 8.11. The lowest BCUT2D eigenvalue weighted by Crippen LogP contribution is -2.55. The summed E-state index contributed by atoms with van der Waals surface area (Å²) in [4.78, 5) is 38.2. The fraction of sp³-hybridized carbons (Fsp3) is 0.421. The van der Waals surface area contributed by atoms with Gasteiger partial charge in [-0.2, -0.15) is 0 Å². The standard InChI is InChI=1S/C19H23N3O5/c1-27-14-9-6-12(7-10-14)20-19(26)21-15-5-3-2-4-13-8-11-16(18(24)25)22(13)17(15)23/h2-3,6-7,9-10,13,15-16H,4-5,8,11H2,1H3,(H,24,25)(H2,20,21,26)/b3-2-/t13-,15+,16+/m1/s1.